The van der Waals surface area contributed by atoms with Crippen molar-refractivity contribution in [3.05, 3.63) is 54.0 Å². The average molecular weight is 316 g/mol. The van der Waals surface area contributed by atoms with E-state index in [-0.39, 0.29) is 12.3 Å². The van der Waals surface area contributed by atoms with Crippen molar-refractivity contribution in [1.82, 2.24) is 5.32 Å². The van der Waals surface area contributed by atoms with Gasteiger partial charge in [0.15, 0.2) is 12.4 Å². The van der Waals surface area contributed by atoms with Crippen LogP contribution in [0.15, 0.2) is 47.1 Å². The number of rotatable bonds is 6. The Bertz CT molecular complexity index is 694. The van der Waals surface area contributed by atoms with Crippen molar-refractivity contribution in [2.24, 2.45) is 0 Å². The maximum absolute atomic E-state index is 11.7. The first-order chi connectivity index (χ1) is 11.0. The van der Waals surface area contributed by atoms with Gasteiger partial charge in [0.05, 0.1) is 6.26 Å². The summed E-state index contributed by atoms with van der Waals surface area (Å²) in [6.07, 6.45) is 1.35. The molecular formula is C16H16N2O5. The Labute approximate surface area is 132 Å². The van der Waals surface area contributed by atoms with Crippen LogP contribution in [-0.2, 0) is 14.3 Å². The zero-order valence-corrected chi connectivity index (χ0v) is 12.5. The molecule has 0 bridgehead atoms. The first-order valence-corrected chi connectivity index (χ1v) is 6.88. The van der Waals surface area contributed by atoms with Gasteiger partial charge in [-0.2, -0.15) is 0 Å². The Hall–Kier alpha value is -3.09. The highest BCUT2D eigenvalue weighted by Gasteiger charge is 2.12. The lowest BCUT2D eigenvalue weighted by atomic mass is 10.2. The number of nitrogens with one attached hydrogen (secondary N) is 2. The molecule has 1 heterocycles. The van der Waals surface area contributed by atoms with Crippen LogP contribution in [0.5, 0.6) is 0 Å². The van der Waals surface area contributed by atoms with Crippen LogP contribution in [0.4, 0.5) is 5.69 Å². The van der Waals surface area contributed by atoms with Gasteiger partial charge in [-0.05, 0) is 36.8 Å². The number of hydrogen-bond donors (Lipinski definition) is 2. The molecule has 0 fully saturated rings. The Kier molecular flexibility index (Phi) is 5.51. The van der Waals surface area contributed by atoms with Gasteiger partial charge in [0, 0.05) is 5.69 Å². The molecule has 0 aliphatic carbocycles. The molecule has 2 aromatic rings. The summed E-state index contributed by atoms with van der Waals surface area (Å²) >= 11 is 0. The normalized spacial score (nSPS) is 9.96. The van der Waals surface area contributed by atoms with Gasteiger partial charge in [-0.1, -0.05) is 12.1 Å². The van der Waals surface area contributed by atoms with Crippen LogP contribution in [0, 0.1) is 6.92 Å². The number of amides is 2. The monoisotopic (exact) mass is 316 g/mol. The summed E-state index contributed by atoms with van der Waals surface area (Å²) in [4.78, 5) is 34.7. The van der Waals surface area contributed by atoms with Crippen LogP contribution in [0.25, 0.3) is 0 Å². The van der Waals surface area contributed by atoms with Gasteiger partial charge in [-0.25, -0.2) is 0 Å². The van der Waals surface area contributed by atoms with Crippen LogP contribution in [0.2, 0.25) is 0 Å². The summed E-state index contributed by atoms with van der Waals surface area (Å²) < 4.78 is 9.65. The van der Waals surface area contributed by atoms with Crippen molar-refractivity contribution in [2.45, 2.75) is 6.92 Å². The largest absolute Gasteiger partial charge is 0.459 e. The zero-order chi connectivity index (χ0) is 16.7. The van der Waals surface area contributed by atoms with E-state index >= 15 is 0 Å². The highest BCUT2D eigenvalue weighted by Crippen LogP contribution is 2.09. The molecule has 1 aromatic heterocycles. The van der Waals surface area contributed by atoms with Crippen LogP contribution < -0.4 is 10.6 Å². The van der Waals surface area contributed by atoms with E-state index < -0.39 is 24.4 Å². The third kappa shape index (κ3) is 5.31. The smallest absolute Gasteiger partial charge is 0.325 e. The summed E-state index contributed by atoms with van der Waals surface area (Å²) in [6, 6.07) is 10.3. The van der Waals surface area contributed by atoms with Gasteiger partial charge in [-0.3, -0.25) is 14.4 Å². The molecule has 0 aliphatic heterocycles. The van der Waals surface area contributed by atoms with E-state index in [2.05, 4.69) is 10.6 Å². The number of esters is 1. The topological polar surface area (TPSA) is 97.6 Å². The second-order valence-electron chi connectivity index (χ2n) is 4.74. The predicted octanol–water partition coefficient (Wildman–Crippen LogP) is 1.50. The minimum absolute atomic E-state index is 0.0926. The van der Waals surface area contributed by atoms with Crippen molar-refractivity contribution in [3.63, 3.8) is 0 Å². The van der Waals surface area contributed by atoms with E-state index in [1.165, 1.54) is 12.3 Å². The molecule has 0 spiro atoms. The SMILES string of the molecule is Cc1cccc(NC(=O)COC(=O)CNC(=O)c2ccco2)c1. The average Bonchev–Trinajstić information content (AvgIpc) is 3.05. The van der Waals surface area contributed by atoms with Gasteiger partial charge in [-0.15, -0.1) is 0 Å². The number of carbonyl (C=O) groups excluding carboxylic acids is 3. The van der Waals surface area contributed by atoms with Gasteiger partial charge in [0.2, 0.25) is 0 Å². The highest BCUT2D eigenvalue weighted by atomic mass is 16.5. The maximum atomic E-state index is 11.7. The van der Waals surface area contributed by atoms with E-state index in [1.54, 1.807) is 24.3 Å². The lowest BCUT2D eigenvalue weighted by Crippen LogP contribution is -2.32. The minimum atomic E-state index is -0.718. The second kappa shape index (κ2) is 7.79. The van der Waals surface area contributed by atoms with Crippen molar-refractivity contribution >= 4 is 23.5 Å². The number of carbonyl (C=O) groups is 3. The molecule has 7 heteroatoms. The number of aryl methyl sites for hydroxylation is 1. The van der Waals surface area contributed by atoms with Crippen molar-refractivity contribution in [3.8, 4) is 0 Å². The number of hydrogen-bond acceptors (Lipinski definition) is 5. The number of furan rings is 1. The van der Waals surface area contributed by atoms with E-state index in [1.807, 2.05) is 13.0 Å². The van der Waals surface area contributed by atoms with Gasteiger partial charge in [0.25, 0.3) is 11.8 Å². The molecule has 2 amide bonds. The summed E-state index contributed by atoms with van der Waals surface area (Å²) in [5, 5.41) is 4.93. The molecule has 0 aliphatic rings. The molecule has 0 saturated heterocycles. The summed E-state index contributed by atoms with van der Waals surface area (Å²) in [6.45, 7) is 1.12. The van der Waals surface area contributed by atoms with E-state index in [0.717, 1.165) is 5.56 Å². The molecule has 0 atom stereocenters. The minimum Gasteiger partial charge on any atom is -0.459 e. The summed E-state index contributed by atoms with van der Waals surface area (Å²) in [5.41, 5.74) is 1.62. The molecular weight excluding hydrogens is 300 g/mol. The fourth-order valence-electron chi connectivity index (χ4n) is 1.76. The fraction of sp³-hybridized carbons (Fsp3) is 0.188. The number of ether oxygens (including phenoxy) is 1. The van der Waals surface area contributed by atoms with Crippen molar-refractivity contribution in [1.29, 1.82) is 0 Å². The van der Waals surface area contributed by atoms with Crippen LogP contribution in [0.1, 0.15) is 16.1 Å². The van der Waals surface area contributed by atoms with Crippen molar-refractivity contribution in [2.75, 3.05) is 18.5 Å². The van der Waals surface area contributed by atoms with Crippen molar-refractivity contribution < 1.29 is 23.5 Å². The lowest BCUT2D eigenvalue weighted by Gasteiger charge is -2.07. The summed E-state index contributed by atoms with van der Waals surface area (Å²) in [7, 11) is 0. The maximum Gasteiger partial charge on any atom is 0.325 e. The standard InChI is InChI=1S/C16H16N2O5/c1-11-4-2-5-12(8-11)18-14(19)10-23-15(20)9-17-16(21)13-6-3-7-22-13/h2-8H,9-10H2,1H3,(H,17,21)(H,18,19). The molecule has 2 N–H and O–H groups in total. The van der Waals surface area contributed by atoms with Gasteiger partial charge in [0.1, 0.15) is 6.54 Å². The van der Waals surface area contributed by atoms with Gasteiger partial charge < -0.3 is 19.8 Å². The molecule has 120 valence electrons. The highest BCUT2D eigenvalue weighted by molar-refractivity contribution is 5.95. The van der Waals surface area contributed by atoms with E-state index in [4.69, 9.17) is 9.15 Å². The van der Waals surface area contributed by atoms with Gasteiger partial charge >= 0.3 is 5.97 Å². The predicted molar refractivity (Wildman–Crippen MR) is 81.8 cm³/mol. The quantitative estimate of drug-likeness (QED) is 0.787. The third-order valence-electron chi connectivity index (χ3n) is 2.80. The summed E-state index contributed by atoms with van der Waals surface area (Å²) in [5.74, 6) is -1.61. The Morgan fingerprint density at radius 1 is 1.17 bits per heavy atom. The first kappa shape index (κ1) is 16.3. The van der Waals surface area contributed by atoms with Crippen LogP contribution in [0.3, 0.4) is 0 Å². The van der Waals surface area contributed by atoms with E-state index in [9.17, 15) is 14.4 Å². The number of anilines is 1. The Balaban J connectivity index is 1.69. The third-order valence-corrected chi connectivity index (χ3v) is 2.80. The molecule has 2 rings (SSSR count). The fourth-order valence-corrected chi connectivity index (χ4v) is 1.76. The molecule has 23 heavy (non-hydrogen) atoms. The van der Waals surface area contributed by atoms with Crippen LogP contribution in [-0.4, -0.2) is 30.9 Å². The number of benzene rings is 1. The van der Waals surface area contributed by atoms with Crippen LogP contribution >= 0.6 is 0 Å². The molecule has 0 saturated carbocycles. The zero-order valence-electron chi connectivity index (χ0n) is 12.5. The Morgan fingerprint density at radius 2 is 2.00 bits per heavy atom. The Morgan fingerprint density at radius 3 is 2.70 bits per heavy atom. The second-order valence-corrected chi connectivity index (χ2v) is 4.74. The molecule has 0 radical (unpaired) electrons. The lowest BCUT2D eigenvalue weighted by molar-refractivity contribution is -0.146. The van der Waals surface area contributed by atoms with E-state index in [0.29, 0.717) is 5.69 Å². The molecule has 1 aromatic carbocycles. The molecule has 7 nitrogen and oxygen atoms in total. The first-order valence-electron chi connectivity index (χ1n) is 6.88. The molecule has 0 unspecified atom stereocenters.